The van der Waals surface area contributed by atoms with E-state index in [0.717, 1.165) is 12.0 Å². The summed E-state index contributed by atoms with van der Waals surface area (Å²) < 4.78 is 0. The molecular weight excluding hydrogens is 188 g/mol. The predicted octanol–water partition coefficient (Wildman–Crippen LogP) is 1.52. The molecule has 1 fully saturated rings. The molecule has 0 bridgehead atoms. The molecule has 15 heavy (non-hydrogen) atoms. The zero-order valence-electron chi connectivity index (χ0n) is 8.36. The van der Waals surface area contributed by atoms with Crippen LogP contribution in [0, 0.1) is 11.8 Å². The third-order valence-electron chi connectivity index (χ3n) is 2.59. The monoisotopic (exact) mass is 200 g/mol. The first-order valence-electron chi connectivity index (χ1n) is 5.05. The standard InChI is InChI=1S/C13H12O2/c14-12-7-4-9-13(12,15)10-8-11-5-2-1-3-6-11/h1-3,5-6,15H,4,7,9H2. The lowest BCUT2D eigenvalue weighted by Crippen LogP contribution is -2.31. The van der Waals surface area contributed by atoms with Crippen molar-refractivity contribution in [3.63, 3.8) is 0 Å². The smallest absolute Gasteiger partial charge is 0.184 e. The van der Waals surface area contributed by atoms with Crippen molar-refractivity contribution in [2.75, 3.05) is 0 Å². The fourth-order valence-corrected chi connectivity index (χ4v) is 1.68. The van der Waals surface area contributed by atoms with Crippen LogP contribution in [-0.2, 0) is 4.79 Å². The van der Waals surface area contributed by atoms with Gasteiger partial charge in [0.1, 0.15) is 0 Å². The molecular formula is C13H12O2. The normalized spacial score (nSPS) is 24.7. The number of carbonyl (C=O) groups is 1. The number of rotatable bonds is 0. The first kappa shape index (κ1) is 9.95. The van der Waals surface area contributed by atoms with Crippen molar-refractivity contribution in [2.45, 2.75) is 24.9 Å². The maximum absolute atomic E-state index is 11.4. The van der Waals surface area contributed by atoms with Crippen molar-refractivity contribution in [3.8, 4) is 11.8 Å². The quantitative estimate of drug-likeness (QED) is 0.645. The molecule has 0 saturated heterocycles. The summed E-state index contributed by atoms with van der Waals surface area (Å²) in [6, 6.07) is 9.38. The molecule has 0 heterocycles. The highest BCUT2D eigenvalue weighted by Gasteiger charge is 2.38. The van der Waals surface area contributed by atoms with Crippen LogP contribution in [0.2, 0.25) is 0 Å². The van der Waals surface area contributed by atoms with Crippen LogP contribution < -0.4 is 0 Å². The van der Waals surface area contributed by atoms with Crippen LogP contribution in [0.4, 0.5) is 0 Å². The number of ketones is 1. The topological polar surface area (TPSA) is 37.3 Å². The van der Waals surface area contributed by atoms with Crippen molar-refractivity contribution in [1.82, 2.24) is 0 Å². The lowest BCUT2D eigenvalue weighted by atomic mass is 10.0. The summed E-state index contributed by atoms with van der Waals surface area (Å²) in [6.45, 7) is 0. The second-order valence-corrected chi connectivity index (χ2v) is 3.75. The fourth-order valence-electron chi connectivity index (χ4n) is 1.68. The van der Waals surface area contributed by atoms with Gasteiger partial charge in [0.15, 0.2) is 11.4 Å². The number of hydrogen-bond acceptors (Lipinski definition) is 2. The first-order valence-corrected chi connectivity index (χ1v) is 5.05. The van der Waals surface area contributed by atoms with E-state index in [0.29, 0.717) is 12.8 Å². The van der Waals surface area contributed by atoms with E-state index in [1.807, 2.05) is 30.3 Å². The Hall–Kier alpha value is -1.59. The number of Topliss-reactive ketones (excluding diaryl/α,β-unsaturated/α-hetero) is 1. The van der Waals surface area contributed by atoms with Crippen molar-refractivity contribution in [3.05, 3.63) is 35.9 Å². The predicted molar refractivity (Wildman–Crippen MR) is 57.1 cm³/mol. The Morgan fingerprint density at radius 1 is 1.27 bits per heavy atom. The lowest BCUT2D eigenvalue weighted by molar-refractivity contribution is -0.128. The van der Waals surface area contributed by atoms with Gasteiger partial charge in [-0.05, 0) is 25.0 Å². The molecule has 2 heteroatoms. The Bertz CT molecular complexity index is 425. The van der Waals surface area contributed by atoms with Gasteiger partial charge >= 0.3 is 0 Å². The van der Waals surface area contributed by atoms with Crippen molar-refractivity contribution in [1.29, 1.82) is 0 Å². The average Bonchev–Trinajstić information content (AvgIpc) is 2.59. The van der Waals surface area contributed by atoms with Gasteiger partial charge in [-0.2, -0.15) is 0 Å². The number of aliphatic hydroxyl groups is 1. The van der Waals surface area contributed by atoms with Gasteiger partial charge in [0, 0.05) is 12.0 Å². The van der Waals surface area contributed by atoms with Gasteiger partial charge in [-0.3, -0.25) is 4.79 Å². The summed E-state index contributed by atoms with van der Waals surface area (Å²) in [5.41, 5.74) is -0.568. The summed E-state index contributed by atoms with van der Waals surface area (Å²) in [7, 11) is 0. The maximum Gasteiger partial charge on any atom is 0.184 e. The SMILES string of the molecule is O=C1CCCC1(O)C#Cc1ccccc1. The Balaban J connectivity index is 2.22. The van der Waals surface area contributed by atoms with E-state index < -0.39 is 5.60 Å². The van der Waals surface area contributed by atoms with Crippen LogP contribution in [0.1, 0.15) is 24.8 Å². The Kier molecular flexibility index (Phi) is 2.57. The van der Waals surface area contributed by atoms with Crippen molar-refractivity contribution >= 4 is 5.78 Å². The van der Waals surface area contributed by atoms with Crippen LogP contribution in [0.5, 0.6) is 0 Å². The summed E-state index contributed by atoms with van der Waals surface area (Å²) in [6.07, 6.45) is 1.64. The highest BCUT2D eigenvalue weighted by Crippen LogP contribution is 2.25. The van der Waals surface area contributed by atoms with E-state index in [2.05, 4.69) is 11.8 Å². The molecule has 1 atom stereocenters. The highest BCUT2D eigenvalue weighted by atomic mass is 16.3. The molecule has 1 saturated carbocycles. The van der Waals surface area contributed by atoms with Crippen LogP contribution >= 0.6 is 0 Å². The Morgan fingerprint density at radius 3 is 2.60 bits per heavy atom. The molecule has 0 aromatic heterocycles. The van der Waals surface area contributed by atoms with Gasteiger partial charge in [0.05, 0.1) is 0 Å². The average molecular weight is 200 g/mol. The zero-order chi connectivity index (χ0) is 10.7. The molecule has 1 aliphatic carbocycles. The van der Waals surface area contributed by atoms with Gasteiger partial charge in [0.25, 0.3) is 0 Å². The van der Waals surface area contributed by atoms with Crippen LogP contribution in [-0.4, -0.2) is 16.5 Å². The minimum Gasteiger partial charge on any atom is -0.371 e. The minimum atomic E-state index is -1.39. The van der Waals surface area contributed by atoms with E-state index in [-0.39, 0.29) is 5.78 Å². The zero-order valence-corrected chi connectivity index (χ0v) is 8.36. The van der Waals surface area contributed by atoms with E-state index in [1.165, 1.54) is 0 Å². The van der Waals surface area contributed by atoms with E-state index in [9.17, 15) is 9.90 Å². The first-order chi connectivity index (χ1) is 7.21. The number of benzene rings is 1. The van der Waals surface area contributed by atoms with Gasteiger partial charge in [-0.15, -0.1) is 0 Å². The Morgan fingerprint density at radius 2 is 2.00 bits per heavy atom. The van der Waals surface area contributed by atoms with Crippen LogP contribution in [0.3, 0.4) is 0 Å². The molecule has 1 N–H and O–H groups in total. The second-order valence-electron chi connectivity index (χ2n) is 3.75. The van der Waals surface area contributed by atoms with E-state index in [1.54, 1.807) is 0 Å². The number of hydrogen-bond donors (Lipinski definition) is 1. The molecule has 2 rings (SSSR count). The molecule has 1 aromatic rings. The molecule has 2 nitrogen and oxygen atoms in total. The Labute approximate surface area is 88.9 Å². The second kappa shape index (κ2) is 3.88. The molecule has 0 aliphatic heterocycles. The van der Waals surface area contributed by atoms with Gasteiger partial charge in [-0.25, -0.2) is 0 Å². The van der Waals surface area contributed by atoms with Crippen LogP contribution in [0.25, 0.3) is 0 Å². The molecule has 0 spiro atoms. The third-order valence-corrected chi connectivity index (χ3v) is 2.59. The lowest BCUT2D eigenvalue weighted by Gasteiger charge is -2.11. The number of carbonyl (C=O) groups excluding carboxylic acids is 1. The maximum atomic E-state index is 11.4. The molecule has 1 aromatic carbocycles. The van der Waals surface area contributed by atoms with Gasteiger partial charge in [-0.1, -0.05) is 30.0 Å². The molecule has 76 valence electrons. The molecule has 1 aliphatic rings. The van der Waals surface area contributed by atoms with E-state index >= 15 is 0 Å². The molecule has 0 amide bonds. The van der Waals surface area contributed by atoms with Crippen molar-refractivity contribution < 1.29 is 9.90 Å². The van der Waals surface area contributed by atoms with E-state index in [4.69, 9.17) is 0 Å². The van der Waals surface area contributed by atoms with Gasteiger partial charge < -0.3 is 5.11 Å². The van der Waals surface area contributed by atoms with Crippen molar-refractivity contribution in [2.24, 2.45) is 0 Å². The summed E-state index contributed by atoms with van der Waals surface area (Å²) in [4.78, 5) is 11.4. The highest BCUT2D eigenvalue weighted by molar-refractivity contribution is 5.92. The summed E-state index contributed by atoms with van der Waals surface area (Å²) in [5.74, 6) is 5.37. The minimum absolute atomic E-state index is 0.147. The summed E-state index contributed by atoms with van der Waals surface area (Å²) in [5, 5.41) is 9.90. The molecule has 1 unspecified atom stereocenters. The van der Waals surface area contributed by atoms with Gasteiger partial charge in [0.2, 0.25) is 0 Å². The fraction of sp³-hybridized carbons (Fsp3) is 0.308. The van der Waals surface area contributed by atoms with Crippen LogP contribution in [0.15, 0.2) is 30.3 Å². The summed E-state index contributed by atoms with van der Waals surface area (Å²) >= 11 is 0. The molecule has 0 radical (unpaired) electrons. The largest absolute Gasteiger partial charge is 0.371 e. The third kappa shape index (κ3) is 2.08.